The number of thioether (sulfide) groups is 2. The lowest BCUT2D eigenvalue weighted by molar-refractivity contribution is 0.0483. The van der Waals surface area contributed by atoms with Crippen LogP contribution in [-0.4, -0.2) is 51.5 Å². The molecule has 0 rings (SSSR count). The van der Waals surface area contributed by atoms with E-state index in [2.05, 4.69) is 13.8 Å². The predicted octanol–water partition coefficient (Wildman–Crippen LogP) is 4.43. The van der Waals surface area contributed by atoms with Crippen LogP contribution in [0.1, 0.15) is 34.1 Å². The highest BCUT2D eigenvalue weighted by molar-refractivity contribution is 7.98. The van der Waals surface area contributed by atoms with Gasteiger partial charge in [-0.25, -0.2) is 0 Å². The zero-order valence-corrected chi connectivity index (χ0v) is 13.5. The minimum atomic E-state index is 0. The van der Waals surface area contributed by atoms with Gasteiger partial charge < -0.3 is 9.47 Å². The molecule has 0 saturated heterocycles. The van der Waals surface area contributed by atoms with E-state index in [-0.39, 0.29) is 7.43 Å². The van der Waals surface area contributed by atoms with Crippen molar-refractivity contribution in [3.05, 3.63) is 0 Å². The maximum Gasteiger partial charge on any atom is 0.0700 e. The SMILES string of the molecule is C.CCCOCCOCCC.CSC.CSC. The first-order chi connectivity index (χ1) is 7.74. The molecule has 0 unspecified atom stereocenters. The minimum Gasteiger partial charge on any atom is -0.379 e. The lowest BCUT2D eigenvalue weighted by Crippen LogP contribution is -2.04. The first-order valence-electron chi connectivity index (χ1n) is 5.70. The fourth-order valence-electron chi connectivity index (χ4n) is 0.611. The number of hydrogen-bond acceptors (Lipinski definition) is 4. The van der Waals surface area contributed by atoms with Gasteiger partial charge in [-0.1, -0.05) is 21.3 Å². The summed E-state index contributed by atoms with van der Waals surface area (Å²) >= 11 is 3.50. The van der Waals surface area contributed by atoms with E-state index in [0.29, 0.717) is 0 Å². The normalized spacial score (nSPS) is 8.12. The summed E-state index contributed by atoms with van der Waals surface area (Å²) in [6, 6.07) is 0. The zero-order valence-electron chi connectivity index (χ0n) is 11.9. The molecule has 110 valence electrons. The molecule has 0 aliphatic carbocycles. The largest absolute Gasteiger partial charge is 0.379 e. The van der Waals surface area contributed by atoms with Crippen LogP contribution in [0.4, 0.5) is 0 Å². The summed E-state index contributed by atoms with van der Waals surface area (Å²) in [4.78, 5) is 0. The second kappa shape index (κ2) is 36.0. The molecule has 0 spiro atoms. The third kappa shape index (κ3) is 61.2. The molecule has 0 aromatic rings. The monoisotopic (exact) mass is 286 g/mol. The van der Waals surface area contributed by atoms with Gasteiger partial charge in [-0.15, -0.1) is 0 Å². The molecule has 0 N–H and O–H groups in total. The summed E-state index contributed by atoms with van der Waals surface area (Å²) in [6.45, 7) is 7.41. The van der Waals surface area contributed by atoms with Crippen molar-refractivity contribution < 1.29 is 9.47 Å². The summed E-state index contributed by atoms with van der Waals surface area (Å²) in [7, 11) is 0. The summed E-state index contributed by atoms with van der Waals surface area (Å²) in [5.41, 5.74) is 0. The highest BCUT2D eigenvalue weighted by Gasteiger charge is 1.85. The van der Waals surface area contributed by atoms with Crippen molar-refractivity contribution >= 4 is 23.5 Å². The maximum absolute atomic E-state index is 5.20. The van der Waals surface area contributed by atoms with Gasteiger partial charge in [-0.05, 0) is 37.9 Å². The Labute approximate surface area is 119 Å². The van der Waals surface area contributed by atoms with E-state index in [9.17, 15) is 0 Å². The van der Waals surface area contributed by atoms with Crippen LogP contribution in [0.5, 0.6) is 0 Å². The molecule has 4 heteroatoms. The Morgan fingerprint density at radius 3 is 1.06 bits per heavy atom. The quantitative estimate of drug-likeness (QED) is 0.644. The van der Waals surface area contributed by atoms with Gasteiger partial charge in [0.15, 0.2) is 0 Å². The van der Waals surface area contributed by atoms with Crippen molar-refractivity contribution in [2.45, 2.75) is 34.1 Å². The van der Waals surface area contributed by atoms with Gasteiger partial charge >= 0.3 is 0 Å². The van der Waals surface area contributed by atoms with Crippen molar-refractivity contribution in [3.63, 3.8) is 0 Å². The van der Waals surface area contributed by atoms with E-state index in [1.807, 2.05) is 25.0 Å². The van der Waals surface area contributed by atoms with Gasteiger partial charge in [-0.2, -0.15) is 23.5 Å². The molecule has 0 aromatic carbocycles. The number of rotatable bonds is 7. The van der Waals surface area contributed by atoms with Crippen LogP contribution in [0, 0.1) is 0 Å². The third-order valence-corrected chi connectivity index (χ3v) is 1.07. The fourth-order valence-corrected chi connectivity index (χ4v) is 0.611. The smallest absolute Gasteiger partial charge is 0.0700 e. The van der Waals surface area contributed by atoms with Gasteiger partial charge in [-0.3, -0.25) is 0 Å². The van der Waals surface area contributed by atoms with Gasteiger partial charge in [0.05, 0.1) is 13.2 Å². The molecule has 2 nitrogen and oxygen atoms in total. The first kappa shape index (κ1) is 26.2. The molecule has 0 amide bonds. The van der Waals surface area contributed by atoms with Crippen LogP contribution >= 0.6 is 23.5 Å². The van der Waals surface area contributed by atoms with E-state index >= 15 is 0 Å². The van der Waals surface area contributed by atoms with E-state index in [1.165, 1.54) is 0 Å². The van der Waals surface area contributed by atoms with Crippen molar-refractivity contribution in [1.82, 2.24) is 0 Å². The Morgan fingerprint density at radius 1 is 0.647 bits per heavy atom. The van der Waals surface area contributed by atoms with E-state index < -0.39 is 0 Å². The Bertz CT molecular complexity index is 73.8. The summed E-state index contributed by atoms with van der Waals surface area (Å²) in [5.74, 6) is 0. The Kier molecular flexibility index (Phi) is 55.5. The van der Waals surface area contributed by atoms with Crippen LogP contribution in [0.2, 0.25) is 0 Å². The molecule has 0 saturated carbocycles. The Hall–Kier alpha value is 0.620. The van der Waals surface area contributed by atoms with Crippen molar-refractivity contribution in [2.75, 3.05) is 51.5 Å². The number of hydrogen-bond donors (Lipinski definition) is 0. The molecular weight excluding hydrogens is 252 g/mol. The number of ether oxygens (including phenoxy) is 2. The molecule has 0 aliphatic rings. The van der Waals surface area contributed by atoms with Crippen LogP contribution in [0.15, 0.2) is 0 Å². The lowest BCUT2D eigenvalue weighted by Gasteiger charge is -2.02. The third-order valence-electron chi connectivity index (χ3n) is 1.07. The molecule has 17 heavy (non-hydrogen) atoms. The highest BCUT2D eigenvalue weighted by Crippen LogP contribution is 1.83. The van der Waals surface area contributed by atoms with Gasteiger partial charge in [0, 0.05) is 13.2 Å². The molecule has 0 fully saturated rings. The van der Waals surface area contributed by atoms with Crippen LogP contribution in [-0.2, 0) is 9.47 Å². The van der Waals surface area contributed by atoms with E-state index in [4.69, 9.17) is 9.47 Å². The average Bonchev–Trinajstić information content (AvgIpc) is 2.26. The van der Waals surface area contributed by atoms with Gasteiger partial charge in [0.2, 0.25) is 0 Å². The fraction of sp³-hybridized carbons (Fsp3) is 1.00. The molecule has 0 aliphatic heterocycles. The minimum absolute atomic E-state index is 0. The van der Waals surface area contributed by atoms with Crippen LogP contribution < -0.4 is 0 Å². The standard InChI is InChI=1S/C8H18O2.2C2H6S.CH4/c1-3-5-9-7-8-10-6-4-2;2*1-3-2;/h3-8H2,1-2H3;2*1-2H3;1H4. The molecule has 0 heterocycles. The topological polar surface area (TPSA) is 18.5 Å². The molecular formula is C13H34O2S2. The van der Waals surface area contributed by atoms with Gasteiger partial charge in [0.25, 0.3) is 0 Å². The molecule has 0 radical (unpaired) electrons. The first-order valence-corrected chi connectivity index (χ1v) is 8.97. The van der Waals surface area contributed by atoms with Crippen LogP contribution in [0.3, 0.4) is 0 Å². The van der Waals surface area contributed by atoms with E-state index in [0.717, 1.165) is 39.3 Å². The average molecular weight is 287 g/mol. The second-order valence-electron chi connectivity index (χ2n) is 3.04. The second-order valence-corrected chi connectivity index (χ2v) is 4.67. The summed E-state index contributed by atoms with van der Waals surface area (Å²) < 4.78 is 10.4. The summed E-state index contributed by atoms with van der Waals surface area (Å²) in [5, 5.41) is 0. The molecule has 0 aromatic heterocycles. The van der Waals surface area contributed by atoms with Crippen LogP contribution in [0.25, 0.3) is 0 Å². The van der Waals surface area contributed by atoms with E-state index in [1.54, 1.807) is 23.5 Å². The molecule has 0 atom stereocenters. The maximum atomic E-state index is 5.20. The van der Waals surface area contributed by atoms with Crippen molar-refractivity contribution in [1.29, 1.82) is 0 Å². The van der Waals surface area contributed by atoms with Crippen molar-refractivity contribution in [2.24, 2.45) is 0 Å². The van der Waals surface area contributed by atoms with Crippen molar-refractivity contribution in [3.8, 4) is 0 Å². The van der Waals surface area contributed by atoms with Gasteiger partial charge in [0.1, 0.15) is 0 Å². The Morgan fingerprint density at radius 2 is 0.882 bits per heavy atom. The molecule has 0 bridgehead atoms. The summed E-state index contributed by atoms with van der Waals surface area (Å²) in [6.07, 6.45) is 10.3. The Balaban J connectivity index is -0.000000102. The predicted molar refractivity (Wildman–Crippen MR) is 87.8 cm³/mol. The lowest BCUT2D eigenvalue weighted by atomic mass is 10.5. The zero-order chi connectivity index (χ0) is 13.1. The highest BCUT2D eigenvalue weighted by atomic mass is 32.2.